The van der Waals surface area contributed by atoms with Crippen LogP contribution in [0.3, 0.4) is 0 Å². The third-order valence-electron chi connectivity index (χ3n) is 2.90. The highest BCUT2D eigenvalue weighted by Crippen LogP contribution is 2.21. The summed E-state index contributed by atoms with van der Waals surface area (Å²) in [6, 6.07) is 5.29. The highest BCUT2D eigenvalue weighted by atomic mass is 16.3. The molecular weight excluding hydrogens is 216 g/mol. The van der Waals surface area contributed by atoms with E-state index in [0.29, 0.717) is 13.0 Å². The van der Waals surface area contributed by atoms with Crippen LogP contribution in [0.4, 0.5) is 0 Å². The minimum atomic E-state index is -0.172. The molecule has 0 aromatic heterocycles. The van der Waals surface area contributed by atoms with Gasteiger partial charge in [-0.15, -0.1) is 0 Å². The summed E-state index contributed by atoms with van der Waals surface area (Å²) in [5.41, 5.74) is 2.20. The van der Waals surface area contributed by atoms with E-state index < -0.39 is 0 Å². The third-order valence-corrected chi connectivity index (χ3v) is 2.90. The molecule has 1 amide bonds. The number of phenols is 1. The topological polar surface area (TPSA) is 61.4 Å². The van der Waals surface area contributed by atoms with Gasteiger partial charge in [-0.2, -0.15) is 0 Å². The molecule has 1 unspecified atom stereocenters. The first kappa shape index (κ1) is 11.9. The van der Waals surface area contributed by atoms with Crippen LogP contribution in [0.2, 0.25) is 0 Å². The monoisotopic (exact) mass is 234 g/mol. The smallest absolute Gasteiger partial charge is 0.237 e. The number of carbonyl (C=O) groups excluding carboxylic acids is 1. The van der Waals surface area contributed by atoms with Gasteiger partial charge in [-0.05, 0) is 43.5 Å². The largest absolute Gasteiger partial charge is 0.508 e. The van der Waals surface area contributed by atoms with Crippen LogP contribution < -0.4 is 10.6 Å². The summed E-state index contributed by atoms with van der Waals surface area (Å²) in [4.78, 5) is 11.9. The van der Waals surface area contributed by atoms with Gasteiger partial charge in [0.1, 0.15) is 5.75 Å². The lowest BCUT2D eigenvalue weighted by Gasteiger charge is -2.26. The van der Waals surface area contributed by atoms with Crippen LogP contribution in [-0.2, 0) is 17.8 Å². The number of rotatable bonds is 2. The van der Waals surface area contributed by atoms with Crippen LogP contribution in [-0.4, -0.2) is 23.1 Å². The predicted molar refractivity (Wildman–Crippen MR) is 65.7 cm³/mol. The molecule has 92 valence electrons. The Kier molecular flexibility index (Phi) is 3.33. The molecule has 2 rings (SSSR count). The minimum Gasteiger partial charge on any atom is -0.508 e. The molecule has 1 aromatic carbocycles. The van der Waals surface area contributed by atoms with E-state index in [0.717, 1.165) is 11.1 Å². The molecule has 0 spiro atoms. The van der Waals surface area contributed by atoms with E-state index in [9.17, 15) is 9.90 Å². The van der Waals surface area contributed by atoms with E-state index in [1.54, 1.807) is 12.1 Å². The van der Waals surface area contributed by atoms with Crippen molar-refractivity contribution in [1.29, 1.82) is 0 Å². The second-order valence-corrected chi connectivity index (χ2v) is 4.75. The molecule has 0 bridgehead atoms. The standard InChI is InChI=1S/C13H18N2O2/c1-8(2)15-13(17)12-6-9-3-4-11(16)5-10(9)7-14-12/h3-5,8,12,14,16H,6-7H2,1-2H3,(H,15,17). The minimum absolute atomic E-state index is 0.0405. The van der Waals surface area contributed by atoms with Crippen molar-refractivity contribution in [1.82, 2.24) is 10.6 Å². The van der Waals surface area contributed by atoms with Crippen LogP contribution in [0.1, 0.15) is 25.0 Å². The maximum Gasteiger partial charge on any atom is 0.237 e. The fourth-order valence-corrected chi connectivity index (χ4v) is 2.07. The zero-order valence-corrected chi connectivity index (χ0v) is 10.2. The van der Waals surface area contributed by atoms with E-state index in [1.807, 2.05) is 19.9 Å². The second kappa shape index (κ2) is 4.75. The van der Waals surface area contributed by atoms with Crippen molar-refractivity contribution in [3.05, 3.63) is 29.3 Å². The zero-order chi connectivity index (χ0) is 12.4. The zero-order valence-electron chi connectivity index (χ0n) is 10.2. The van der Waals surface area contributed by atoms with Gasteiger partial charge in [0.25, 0.3) is 0 Å². The Labute approximate surface area is 101 Å². The summed E-state index contributed by atoms with van der Waals surface area (Å²) in [5.74, 6) is 0.314. The Bertz CT molecular complexity index is 429. The fraction of sp³-hybridized carbons (Fsp3) is 0.462. The van der Waals surface area contributed by atoms with Crippen LogP contribution >= 0.6 is 0 Å². The molecule has 1 aromatic rings. The molecule has 0 saturated carbocycles. The highest BCUT2D eigenvalue weighted by molar-refractivity contribution is 5.82. The number of hydrogen-bond donors (Lipinski definition) is 3. The molecule has 0 radical (unpaired) electrons. The van der Waals surface area contributed by atoms with Crippen molar-refractivity contribution >= 4 is 5.91 Å². The van der Waals surface area contributed by atoms with Crippen LogP contribution in [0.15, 0.2) is 18.2 Å². The van der Waals surface area contributed by atoms with E-state index in [-0.39, 0.29) is 23.7 Å². The first-order chi connectivity index (χ1) is 8.06. The van der Waals surface area contributed by atoms with Crippen LogP contribution in [0.5, 0.6) is 5.75 Å². The SMILES string of the molecule is CC(C)NC(=O)C1Cc2ccc(O)cc2CN1. The lowest BCUT2D eigenvalue weighted by Crippen LogP contribution is -2.49. The lowest BCUT2D eigenvalue weighted by molar-refractivity contribution is -0.123. The molecule has 1 aliphatic rings. The molecule has 1 heterocycles. The number of hydrogen-bond acceptors (Lipinski definition) is 3. The van der Waals surface area contributed by atoms with Gasteiger partial charge >= 0.3 is 0 Å². The summed E-state index contributed by atoms with van der Waals surface area (Å²) in [6.45, 7) is 4.53. The van der Waals surface area contributed by atoms with Crippen molar-refractivity contribution in [3.8, 4) is 5.75 Å². The van der Waals surface area contributed by atoms with Crippen molar-refractivity contribution in [2.45, 2.75) is 38.9 Å². The number of nitrogens with one attached hydrogen (secondary N) is 2. The average molecular weight is 234 g/mol. The van der Waals surface area contributed by atoms with Crippen molar-refractivity contribution in [2.24, 2.45) is 0 Å². The van der Waals surface area contributed by atoms with Crippen molar-refractivity contribution < 1.29 is 9.90 Å². The van der Waals surface area contributed by atoms with Crippen LogP contribution in [0.25, 0.3) is 0 Å². The molecule has 17 heavy (non-hydrogen) atoms. The Balaban J connectivity index is 2.08. The first-order valence-corrected chi connectivity index (χ1v) is 5.91. The lowest BCUT2D eigenvalue weighted by atomic mass is 9.95. The molecule has 4 heteroatoms. The molecular formula is C13H18N2O2. The molecule has 0 saturated heterocycles. The van der Waals surface area contributed by atoms with Gasteiger partial charge in [0.15, 0.2) is 0 Å². The molecule has 3 N–H and O–H groups in total. The van der Waals surface area contributed by atoms with Crippen molar-refractivity contribution in [3.63, 3.8) is 0 Å². The number of amides is 1. The first-order valence-electron chi connectivity index (χ1n) is 5.91. The Morgan fingerprint density at radius 2 is 2.24 bits per heavy atom. The number of fused-ring (bicyclic) bond motifs is 1. The number of benzene rings is 1. The van der Waals surface area contributed by atoms with Crippen LogP contribution in [0, 0.1) is 0 Å². The maximum atomic E-state index is 11.9. The van der Waals surface area contributed by atoms with Gasteiger partial charge in [-0.1, -0.05) is 6.07 Å². The number of aromatic hydroxyl groups is 1. The summed E-state index contributed by atoms with van der Waals surface area (Å²) in [5, 5.41) is 15.5. The van der Waals surface area contributed by atoms with Gasteiger partial charge < -0.3 is 15.7 Å². The molecule has 1 atom stereocenters. The summed E-state index contributed by atoms with van der Waals surface area (Å²) in [6.07, 6.45) is 0.675. The summed E-state index contributed by atoms with van der Waals surface area (Å²) < 4.78 is 0. The van der Waals surface area contributed by atoms with E-state index in [2.05, 4.69) is 10.6 Å². The normalized spacial score (nSPS) is 18.9. The van der Waals surface area contributed by atoms with E-state index in [4.69, 9.17) is 0 Å². The number of phenolic OH excluding ortho intramolecular Hbond substituents is 1. The van der Waals surface area contributed by atoms with E-state index in [1.165, 1.54) is 0 Å². The maximum absolute atomic E-state index is 11.9. The molecule has 0 fully saturated rings. The Morgan fingerprint density at radius 3 is 2.94 bits per heavy atom. The summed E-state index contributed by atoms with van der Waals surface area (Å²) >= 11 is 0. The third kappa shape index (κ3) is 2.77. The quantitative estimate of drug-likeness (QED) is 0.713. The van der Waals surface area contributed by atoms with Gasteiger partial charge in [-0.3, -0.25) is 4.79 Å². The predicted octanol–water partition coefficient (Wildman–Crippen LogP) is 0.931. The van der Waals surface area contributed by atoms with Gasteiger partial charge in [-0.25, -0.2) is 0 Å². The van der Waals surface area contributed by atoms with Gasteiger partial charge in [0.05, 0.1) is 6.04 Å². The second-order valence-electron chi connectivity index (χ2n) is 4.75. The number of carbonyl (C=O) groups is 1. The highest BCUT2D eigenvalue weighted by Gasteiger charge is 2.24. The Morgan fingerprint density at radius 1 is 1.47 bits per heavy atom. The molecule has 4 nitrogen and oxygen atoms in total. The van der Waals surface area contributed by atoms with Crippen molar-refractivity contribution in [2.75, 3.05) is 0 Å². The average Bonchev–Trinajstić information content (AvgIpc) is 2.27. The molecule has 0 aliphatic carbocycles. The van der Waals surface area contributed by atoms with Gasteiger partial charge in [0.2, 0.25) is 5.91 Å². The van der Waals surface area contributed by atoms with Gasteiger partial charge in [0, 0.05) is 12.6 Å². The molecule has 1 aliphatic heterocycles. The fourth-order valence-electron chi connectivity index (χ4n) is 2.07. The Hall–Kier alpha value is -1.55. The van der Waals surface area contributed by atoms with E-state index >= 15 is 0 Å². The summed E-state index contributed by atoms with van der Waals surface area (Å²) in [7, 11) is 0.